The van der Waals surface area contributed by atoms with Gasteiger partial charge in [-0.1, -0.05) is 60.7 Å². The number of carbonyl (C=O) groups excluding carboxylic acids is 2. The molecule has 0 atom stereocenters. The molecule has 0 saturated carbocycles. The Balaban J connectivity index is 1.48. The van der Waals surface area contributed by atoms with Gasteiger partial charge in [0.25, 0.3) is 0 Å². The van der Waals surface area contributed by atoms with Gasteiger partial charge in [0.05, 0.1) is 5.92 Å². The highest BCUT2D eigenvalue weighted by molar-refractivity contribution is 5.94. The SMILES string of the molecule is CC(=O)c1ccc(N2CCN(C(=O)C(c3ccccc3)c3ccccc3)CC2)cc1. The predicted molar refractivity (Wildman–Crippen MR) is 120 cm³/mol. The van der Waals surface area contributed by atoms with Crippen LogP contribution in [0, 0.1) is 0 Å². The molecule has 152 valence electrons. The summed E-state index contributed by atoms with van der Waals surface area (Å²) in [5, 5.41) is 0. The fourth-order valence-electron chi connectivity index (χ4n) is 4.04. The fraction of sp³-hybridized carbons (Fsp3) is 0.231. The van der Waals surface area contributed by atoms with Gasteiger partial charge in [-0.3, -0.25) is 9.59 Å². The summed E-state index contributed by atoms with van der Waals surface area (Å²) in [6.07, 6.45) is 0. The van der Waals surface area contributed by atoms with Crippen molar-refractivity contribution in [2.24, 2.45) is 0 Å². The highest BCUT2D eigenvalue weighted by Gasteiger charge is 2.29. The van der Waals surface area contributed by atoms with Crippen LogP contribution in [0.2, 0.25) is 0 Å². The molecule has 0 bridgehead atoms. The number of nitrogens with zero attached hydrogens (tertiary/aromatic N) is 2. The molecule has 1 saturated heterocycles. The normalized spacial score (nSPS) is 14.1. The Bertz CT molecular complexity index is 953. The topological polar surface area (TPSA) is 40.6 Å². The van der Waals surface area contributed by atoms with Crippen molar-refractivity contribution in [1.29, 1.82) is 0 Å². The van der Waals surface area contributed by atoms with Crippen LogP contribution in [0.1, 0.15) is 34.3 Å². The van der Waals surface area contributed by atoms with Gasteiger partial charge >= 0.3 is 0 Å². The van der Waals surface area contributed by atoms with Gasteiger partial charge in [0.15, 0.2) is 5.78 Å². The fourth-order valence-corrected chi connectivity index (χ4v) is 4.04. The standard InChI is InChI=1S/C26H26N2O2/c1-20(29)21-12-14-24(15-13-21)27-16-18-28(19-17-27)26(30)25(22-8-4-2-5-9-22)23-10-6-3-7-11-23/h2-15,25H,16-19H2,1H3. The molecule has 0 aromatic heterocycles. The molecular weight excluding hydrogens is 372 g/mol. The van der Waals surface area contributed by atoms with Crippen molar-refractivity contribution in [3.8, 4) is 0 Å². The van der Waals surface area contributed by atoms with Crippen molar-refractivity contribution >= 4 is 17.4 Å². The number of hydrogen-bond donors (Lipinski definition) is 0. The van der Waals surface area contributed by atoms with Gasteiger partial charge in [-0.05, 0) is 42.3 Å². The van der Waals surface area contributed by atoms with Gasteiger partial charge < -0.3 is 9.80 Å². The first-order chi connectivity index (χ1) is 14.6. The van der Waals surface area contributed by atoms with Crippen LogP contribution < -0.4 is 4.90 Å². The second-order valence-corrected chi connectivity index (χ2v) is 7.67. The molecule has 0 radical (unpaired) electrons. The molecule has 4 nitrogen and oxygen atoms in total. The third kappa shape index (κ3) is 4.28. The van der Waals surface area contributed by atoms with Crippen LogP contribution in [-0.4, -0.2) is 42.8 Å². The Labute approximate surface area is 177 Å². The summed E-state index contributed by atoms with van der Waals surface area (Å²) in [4.78, 5) is 29.3. The third-order valence-electron chi connectivity index (χ3n) is 5.74. The van der Waals surface area contributed by atoms with Crippen LogP contribution in [0.15, 0.2) is 84.9 Å². The van der Waals surface area contributed by atoms with Gasteiger partial charge in [0, 0.05) is 37.4 Å². The number of benzene rings is 3. The zero-order valence-corrected chi connectivity index (χ0v) is 17.2. The Kier molecular flexibility index (Phi) is 5.94. The van der Waals surface area contributed by atoms with E-state index in [-0.39, 0.29) is 17.6 Å². The van der Waals surface area contributed by atoms with E-state index in [1.54, 1.807) is 6.92 Å². The number of piperazine rings is 1. The highest BCUT2D eigenvalue weighted by atomic mass is 16.2. The molecule has 1 amide bonds. The van der Waals surface area contributed by atoms with E-state index in [0.29, 0.717) is 13.1 Å². The van der Waals surface area contributed by atoms with Crippen molar-refractivity contribution in [3.05, 3.63) is 102 Å². The molecule has 0 aliphatic carbocycles. The van der Waals surface area contributed by atoms with E-state index in [1.807, 2.05) is 89.8 Å². The smallest absolute Gasteiger partial charge is 0.234 e. The number of Topliss-reactive ketones (excluding diaryl/α,β-unsaturated/α-hetero) is 1. The van der Waals surface area contributed by atoms with E-state index in [0.717, 1.165) is 35.5 Å². The Morgan fingerprint density at radius 1 is 0.700 bits per heavy atom. The van der Waals surface area contributed by atoms with Crippen LogP contribution in [-0.2, 0) is 4.79 Å². The Morgan fingerprint density at radius 2 is 1.20 bits per heavy atom. The van der Waals surface area contributed by atoms with E-state index in [4.69, 9.17) is 0 Å². The van der Waals surface area contributed by atoms with Crippen LogP contribution >= 0.6 is 0 Å². The van der Waals surface area contributed by atoms with E-state index >= 15 is 0 Å². The maximum atomic E-state index is 13.5. The number of hydrogen-bond acceptors (Lipinski definition) is 3. The van der Waals surface area contributed by atoms with Crippen LogP contribution in [0.4, 0.5) is 5.69 Å². The summed E-state index contributed by atoms with van der Waals surface area (Å²) in [6.45, 7) is 4.51. The van der Waals surface area contributed by atoms with Crippen LogP contribution in [0.3, 0.4) is 0 Å². The van der Waals surface area contributed by atoms with E-state index in [9.17, 15) is 9.59 Å². The van der Waals surface area contributed by atoms with E-state index in [2.05, 4.69) is 4.90 Å². The average molecular weight is 399 g/mol. The molecular formula is C26H26N2O2. The molecule has 4 rings (SSSR count). The van der Waals surface area contributed by atoms with Gasteiger partial charge in [-0.2, -0.15) is 0 Å². The molecule has 4 heteroatoms. The molecule has 0 N–H and O–H groups in total. The lowest BCUT2D eigenvalue weighted by Gasteiger charge is -2.37. The maximum Gasteiger partial charge on any atom is 0.234 e. The summed E-state index contributed by atoms with van der Waals surface area (Å²) >= 11 is 0. The monoisotopic (exact) mass is 398 g/mol. The summed E-state index contributed by atoms with van der Waals surface area (Å²) in [5.41, 5.74) is 3.86. The summed E-state index contributed by atoms with van der Waals surface area (Å²) in [5.74, 6) is -0.0578. The summed E-state index contributed by atoms with van der Waals surface area (Å²) < 4.78 is 0. The molecule has 0 unspecified atom stereocenters. The van der Waals surface area contributed by atoms with Crippen molar-refractivity contribution < 1.29 is 9.59 Å². The van der Waals surface area contributed by atoms with Crippen molar-refractivity contribution in [1.82, 2.24) is 4.90 Å². The quantitative estimate of drug-likeness (QED) is 0.599. The molecule has 1 fully saturated rings. The zero-order chi connectivity index (χ0) is 20.9. The summed E-state index contributed by atoms with van der Waals surface area (Å²) in [7, 11) is 0. The number of rotatable bonds is 5. The molecule has 1 aliphatic heterocycles. The number of carbonyl (C=O) groups is 2. The Hall–Kier alpha value is -3.40. The average Bonchev–Trinajstić information content (AvgIpc) is 2.81. The van der Waals surface area contributed by atoms with Crippen molar-refractivity contribution in [2.75, 3.05) is 31.1 Å². The molecule has 1 aliphatic rings. The lowest BCUT2D eigenvalue weighted by atomic mass is 9.90. The van der Waals surface area contributed by atoms with Crippen LogP contribution in [0.25, 0.3) is 0 Å². The second kappa shape index (κ2) is 8.95. The molecule has 30 heavy (non-hydrogen) atoms. The van der Waals surface area contributed by atoms with Gasteiger partial charge in [-0.25, -0.2) is 0 Å². The first-order valence-electron chi connectivity index (χ1n) is 10.4. The number of anilines is 1. The minimum absolute atomic E-state index is 0.0739. The molecule has 3 aromatic carbocycles. The van der Waals surface area contributed by atoms with Crippen molar-refractivity contribution in [3.63, 3.8) is 0 Å². The molecule has 0 spiro atoms. The minimum atomic E-state index is -0.284. The largest absolute Gasteiger partial charge is 0.368 e. The Morgan fingerprint density at radius 3 is 1.67 bits per heavy atom. The zero-order valence-electron chi connectivity index (χ0n) is 17.2. The molecule has 1 heterocycles. The van der Waals surface area contributed by atoms with Gasteiger partial charge in [-0.15, -0.1) is 0 Å². The maximum absolute atomic E-state index is 13.5. The lowest BCUT2D eigenvalue weighted by molar-refractivity contribution is -0.132. The van der Waals surface area contributed by atoms with Gasteiger partial charge in [0.2, 0.25) is 5.91 Å². The lowest BCUT2D eigenvalue weighted by Crippen LogP contribution is -2.50. The number of amides is 1. The minimum Gasteiger partial charge on any atom is -0.368 e. The highest BCUT2D eigenvalue weighted by Crippen LogP contribution is 2.28. The van der Waals surface area contributed by atoms with E-state index in [1.165, 1.54) is 0 Å². The van der Waals surface area contributed by atoms with Gasteiger partial charge in [0.1, 0.15) is 0 Å². The predicted octanol–water partition coefficient (Wildman–Crippen LogP) is 4.37. The van der Waals surface area contributed by atoms with Crippen LogP contribution in [0.5, 0.6) is 0 Å². The van der Waals surface area contributed by atoms with E-state index < -0.39 is 0 Å². The van der Waals surface area contributed by atoms with Crippen molar-refractivity contribution in [2.45, 2.75) is 12.8 Å². The number of ketones is 1. The first kappa shape index (κ1) is 19.9. The molecule has 3 aromatic rings. The second-order valence-electron chi connectivity index (χ2n) is 7.67. The first-order valence-corrected chi connectivity index (χ1v) is 10.4. The summed E-state index contributed by atoms with van der Waals surface area (Å²) in [6, 6.07) is 27.8. The third-order valence-corrected chi connectivity index (χ3v) is 5.74.